The van der Waals surface area contributed by atoms with E-state index in [1.807, 2.05) is 13.8 Å². The van der Waals surface area contributed by atoms with Crippen molar-refractivity contribution in [3.8, 4) is 0 Å². The minimum atomic E-state index is -1.12. The molecule has 1 fully saturated rings. The summed E-state index contributed by atoms with van der Waals surface area (Å²) < 4.78 is 19.2. The Morgan fingerprint density at radius 2 is 2.19 bits per heavy atom. The van der Waals surface area contributed by atoms with Gasteiger partial charge in [-0.05, 0) is 44.0 Å². The molecule has 0 radical (unpaired) electrons. The van der Waals surface area contributed by atoms with Crippen LogP contribution in [0.4, 0.5) is 10.1 Å². The van der Waals surface area contributed by atoms with Crippen molar-refractivity contribution < 1.29 is 19.0 Å². The first kappa shape index (κ1) is 15.8. The van der Waals surface area contributed by atoms with Gasteiger partial charge in [-0.3, -0.25) is 0 Å². The van der Waals surface area contributed by atoms with Gasteiger partial charge in [-0.25, -0.2) is 9.18 Å². The van der Waals surface area contributed by atoms with Crippen LogP contribution in [0.25, 0.3) is 0 Å². The third-order valence-corrected chi connectivity index (χ3v) is 4.24. The lowest BCUT2D eigenvalue weighted by Crippen LogP contribution is -2.56. The molecule has 0 amide bonds. The third kappa shape index (κ3) is 3.35. The van der Waals surface area contributed by atoms with Crippen LogP contribution in [0.15, 0.2) is 18.2 Å². The van der Waals surface area contributed by atoms with Gasteiger partial charge in [0.05, 0.1) is 12.2 Å². The third-order valence-electron chi connectivity index (χ3n) is 4.24. The summed E-state index contributed by atoms with van der Waals surface area (Å²) >= 11 is 0. The first-order chi connectivity index (χ1) is 9.78. The SMILES string of the molecule is CCC1(C)CC(Nc2cc(C)cc(F)c2)(C(=O)O)CCO1. The lowest BCUT2D eigenvalue weighted by atomic mass is 9.79. The molecule has 1 aromatic carbocycles. The van der Waals surface area contributed by atoms with Crippen LogP contribution in [0.2, 0.25) is 0 Å². The number of rotatable bonds is 4. The van der Waals surface area contributed by atoms with E-state index < -0.39 is 17.1 Å². The molecule has 1 heterocycles. The van der Waals surface area contributed by atoms with Gasteiger partial charge in [-0.1, -0.05) is 6.92 Å². The van der Waals surface area contributed by atoms with Crippen molar-refractivity contribution >= 4 is 11.7 Å². The fourth-order valence-corrected chi connectivity index (χ4v) is 2.90. The highest BCUT2D eigenvalue weighted by atomic mass is 19.1. The minimum absolute atomic E-state index is 0.349. The second kappa shape index (κ2) is 5.64. The molecule has 2 N–H and O–H groups in total. The van der Waals surface area contributed by atoms with Crippen LogP contribution >= 0.6 is 0 Å². The van der Waals surface area contributed by atoms with Gasteiger partial charge in [-0.15, -0.1) is 0 Å². The zero-order chi connectivity index (χ0) is 15.7. The van der Waals surface area contributed by atoms with Crippen molar-refractivity contribution in [2.45, 2.75) is 51.2 Å². The molecule has 0 aromatic heterocycles. The van der Waals surface area contributed by atoms with E-state index in [-0.39, 0.29) is 5.82 Å². The number of anilines is 1. The van der Waals surface area contributed by atoms with Gasteiger partial charge >= 0.3 is 5.97 Å². The number of aryl methyl sites for hydroxylation is 1. The number of nitrogens with one attached hydrogen (secondary N) is 1. The predicted octanol–water partition coefficient (Wildman–Crippen LogP) is 3.35. The molecule has 2 unspecified atom stereocenters. The predicted molar refractivity (Wildman–Crippen MR) is 79.0 cm³/mol. The topological polar surface area (TPSA) is 58.6 Å². The number of halogens is 1. The van der Waals surface area contributed by atoms with Crippen LogP contribution in [0.1, 0.15) is 38.7 Å². The molecular weight excluding hydrogens is 273 g/mol. The molecule has 2 atom stereocenters. The van der Waals surface area contributed by atoms with Gasteiger partial charge in [0.1, 0.15) is 11.4 Å². The fraction of sp³-hybridized carbons (Fsp3) is 0.562. The Labute approximate surface area is 124 Å². The molecule has 116 valence electrons. The van der Waals surface area contributed by atoms with Crippen LogP contribution in [-0.2, 0) is 9.53 Å². The smallest absolute Gasteiger partial charge is 0.329 e. The van der Waals surface area contributed by atoms with Gasteiger partial charge in [-0.2, -0.15) is 0 Å². The summed E-state index contributed by atoms with van der Waals surface area (Å²) in [6.07, 6.45) is 1.43. The molecule has 1 aliphatic rings. The molecule has 2 rings (SSSR count). The number of hydrogen-bond acceptors (Lipinski definition) is 3. The van der Waals surface area contributed by atoms with E-state index in [2.05, 4.69) is 5.32 Å². The molecule has 0 saturated carbocycles. The van der Waals surface area contributed by atoms with Gasteiger partial charge < -0.3 is 15.2 Å². The van der Waals surface area contributed by atoms with Crippen molar-refractivity contribution in [3.05, 3.63) is 29.6 Å². The number of aliphatic carboxylic acids is 1. The number of carboxylic acid groups (broad SMARTS) is 1. The van der Waals surface area contributed by atoms with Crippen LogP contribution in [-0.4, -0.2) is 28.8 Å². The number of carbonyl (C=O) groups is 1. The average molecular weight is 295 g/mol. The van der Waals surface area contributed by atoms with E-state index in [1.165, 1.54) is 12.1 Å². The fourth-order valence-electron chi connectivity index (χ4n) is 2.90. The molecule has 0 aliphatic carbocycles. The first-order valence-electron chi connectivity index (χ1n) is 7.21. The zero-order valence-corrected chi connectivity index (χ0v) is 12.7. The van der Waals surface area contributed by atoms with Gasteiger partial charge in [0.25, 0.3) is 0 Å². The second-order valence-corrected chi connectivity index (χ2v) is 6.11. The van der Waals surface area contributed by atoms with E-state index in [9.17, 15) is 14.3 Å². The van der Waals surface area contributed by atoms with Crippen LogP contribution in [0.5, 0.6) is 0 Å². The Morgan fingerprint density at radius 1 is 1.48 bits per heavy atom. The maximum absolute atomic E-state index is 13.5. The number of benzene rings is 1. The Kier molecular flexibility index (Phi) is 4.23. The number of carboxylic acids is 1. The lowest BCUT2D eigenvalue weighted by molar-refractivity contribution is -0.154. The molecule has 0 bridgehead atoms. The zero-order valence-electron chi connectivity index (χ0n) is 12.7. The maximum Gasteiger partial charge on any atom is 0.329 e. The van der Waals surface area contributed by atoms with E-state index in [4.69, 9.17) is 4.74 Å². The highest BCUT2D eigenvalue weighted by Gasteiger charge is 2.48. The van der Waals surface area contributed by atoms with E-state index in [0.717, 1.165) is 12.0 Å². The van der Waals surface area contributed by atoms with Gasteiger partial charge in [0, 0.05) is 18.5 Å². The number of hydrogen-bond donors (Lipinski definition) is 2. The molecule has 0 spiro atoms. The first-order valence-corrected chi connectivity index (χ1v) is 7.21. The van der Waals surface area contributed by atoms with Crippen LogP contribution in [0.3, 0.4) is 0 Å². The molecule has 5 heteroatoms. The Bertz CT molecular complexity index is 528. The summed E-state index contributed by atoms with van der Waals surface area (Å²) in [5, 5.41) is 12.8. The largest absolute Gasteiger partial charge is 0.480 e. The highest BCUT2D eigenvalue weighted by Crippen LogP contribution is 2.37. The van der Waals surface area contributed by atoms with Crippen LogP contribution in [0, 0.1) is 12.7 Å². The quantitative estimate of drug-likeness (QED) is 0.894. The average Bonchev–Trinajstić information content (AvgIpc) is 2.37. The van der Waals surface area contributed by atoms with Gasteiger partial charge in [0.15, 0.2) is 0 Å². The van der Waals surface area contributed by atoms with Gasteiger partial charge in [0.2, 0.25) is 0 Å². The summed E-state index contributed by atoms with van der Waals surface area (Å²) in [6.45, 7) is 6.05. The standard InChI is InChI=1S/C16H22FNO3/c1-4-15(3)10-16(14(19)20,5-6-21-15)18-13-8-11(2)7-12(17)9-13/h7-9,18H,4-6,10H2,1-3H3,(H,19,20). The summed E-state index contributed by atoms with van der Waals surface area (Å²) in [5.41, 5.74) is -0.353. The molecule has 1 aliphatic heterocycles. The summed E-state index contributed by atoms with van der Waals surface area (Å²) in [7, 11) is 0. The molecule has 21 heavy (non-hydrogen) atoms. The second-order valence-electron chi connectivity index (χ2n) is 6.11. The normalized spacial score (nSPS) is 29.1. The number of ether oxygens (including phenoxy) is 1. The Morgan fingerprint density at radius 3 is 2.76 bits per heavy atom. The van der Waals surface area contributed by atoms with Crippen LogP contribution < -0.4 is 5.32 Å². The van der Waals surface area contributed by atoms with Crippen molar-refractivity contribution in [2.24, 2.45) is 0 Å². The van der Waals surface area contributed by atoms with Crippen molar-refractivity contribution in [3.63, 3.8) is 0 Å². The Balaban J connectivity index is 2.32. The lowest BCUT2D eigenvalue weighted by Gasteiger charge is -2.44. The highest BCUT2D eigenvalue weighted by molar-refractivity contribution is 5.83. The molecule has 1 aromatic rings. The minimum Gasteiger partial charge on any atom is -0.480 e. The molecule has 1 saturated heterocycles. The molecular formula is C16H22FNO3. The van der Waals surface area contributed by atoms with Crippen molar-refractivity contribution in [1.29, 1.82) is 0 Å². The summed E-state index contributed by atoms with van der Waals surface area (Å²) in [5.74, 6) is -1.30. The maximum atomic E-state index is 13.5. The monoisotopic (exact) mass is 295 g/mol. The van der Waals surface area contributed by atoms with Crippen molar-refractivity contribution in [1.82, 2.24) is 0 Å². The summed E-state index contributed by atoms with van der Waals surface area (Å²) in [6, 6.07) is 4.50. The van der Waals surface area contributed by atoms with Crippen molar-refractivity contribution in [2.75, 3.05) is 11.9 Å². The van der Waals surface area contributed by atoms with E-state index in [1.54, 1.807) is 13.0 Å². The summed E-state index contributed by atoms with van der Waals surface area (Å²) in [4.78, 5) is 11.8. The molecule has 4 nitrogen and oxygen atoms in total. The van der Waals surface area contributed by atoms with E-state index in [0.29, 0.717) is 25.1 Å². The Hall–Kier alpha value is -1.62. The van der Waals surface area contributed by atoms with E-state index >= 15 is 0 Å².